The molecule has 32 heavy (non-hydrogen) atoms. The van der Waals surface area contributed by atoms with Crippen molar-refractivity contribution < 1.29 is 28.5 Å². The van der Waals surface area contributed by atoms with E-state index in [4.69, 9.17) is 30.5 Å². The minimum atomic E-state index is -1.38. The highest BCUT2D eigenvalue weighted by Gasteiger charge is 2.24. The number of nitrogens with one attached hydrogen (secondary N) is 1. The van der Waals surface area contributed by atoms with Crippen LogP contribution in [0.4, 0.5) is 11.4 Å². The molecule has 1 amide bonds. The predicted octanol–water partition coefficient (Wildman–Crippen LogP) is 4.83. The molecular weight excluding hydrogens is 438 g/mol. The van der Waals surface area contributed by atoms with Gasteiger partial charge in [0.05, 0.1) is 32.5 Å². The minimum absolute atomic E-state index is 0.234. The first-order valence-electron chi connectivity index (χ1n) is 9.87. The number of rotatable bonds is 11. The lowest BCUT2D eigenvalue weighted by atomic mass is 10.2. The third-order valence-electron chi connectivity index (χ3n) is 4.16. The average Bonchev–Trinajstić information content (AvgIpc) is 2.75. The maximum absolute atomic E-state index is 12.8. The third kappa shape index (κ3) is 6.34. The molecular formula is C22H26ClN3O6. The number of nitrogens with zero attached hydrogens (tertiary/aromatic N) is 2. The predicted molar refractivity (Wildman–Crippen MR) is 121 cm³/mol. The van der Waals surface area contributed by atoms with Crippen molar-refractivity contribution in [2.24, 2.45) is 10.2 Å². The summed E-state index contributed by atoms with van der Waals surface area (Å²) in [7, 11) is 2.89. The second-order valence-electron chi connectivity index (χ2n) is 6.41. The van der Waals surface area contributed by atoms with Crippen LogP contribution in [0.3, 0.4) is 0 Å². The van der Waals surface area contributed by atoms with Crippen molar-refractivity contribution in [1.82, 2.24) is 0 Å². The number of azo groups is 1. The molecule has 0 fully saturated rings. The van der Waals surface area contributed by atoms with Crippen molar-refractivity contribution in [2.45, 2.75) is 26.8 Å². The summed E-state index contributed by atoms with van der Waals surface area (Å²) in [4.78, 5) is 24.9. The summed E-state index contributed by atoms with van der Waals surface area (Å²) >= 11 is 6.18. The zero-order chi connectivity index (χ0) is 23.7. The lowest BCUT2D eigenvalue weighted by Crippen LogP contribution is -2.31. The van der Waals surface area contributed by atoms with Crippen LogP contribution in [-0.2, 0) is 9.59 Å². The van der Waals surface area contributed by atoms with Crippen LogP contribution in [0, 0.1) is 0 Å². The van der Waals surface area contributed by atoms with Crippen LogP contribution in [-0.4, -0.2) is 45.2 Å². The van der Waals surface area contributed by atoms with E-state index in [2.05, 4.69) is 15.5 Å². The first-order chi connectivity index (χ1) is 15.3. The maximum atomic E-state index is 12.8. The number of hydrogen-bond acceptors (Lipinski definition) is 8. The Balaban J connectivity index is 2.30. The van der Waals surface area contributed by atoms with Gasteiger partial charge in [-0.25, -0.2) is 0 Å². The van der Waals surface area contributed by atoms with Crippen molar-refractivity contribution in [2.75, 3.05) is 32.8 Å². The fourth-order valence-electron chi connectivity index (χ4n) is 2.75. The molecule has 2 aromatic rings. The number of hydrogen-bond donors (Lipinski definition) is 1. The monoisotopic (exact) mass is 463 g/mol. The molecule has 0 heterocycles. The van der Waals surface area contributed by atoms with Gasteiger partial charge in [-0.05, 0) is 39.0 Å². The molecule has 1 atom stereocenters. The minimum Gasteiger partial charge on any atom is -0.494 e. The van der Waals surface area contributed by atoms with Gasteiger partial charge in [0.2, 0.25) is 6.04 Å². The fourth-order valence-corrected chi connectivity index (χ4v) is 3.04. The van der Waals surface area contributed by atoms with Gasteiger partial charge in [0.1, 0.15) is 17.2 Å². The van der Waals surface area contributed by atoms with E-state index in [9.17, 15) is 9.59 Å². The van der Waals surface area contributed by atoms with Crippen molar-refractivity contribution in [1.29, 1.82) is 0 Å². The molecule has 1 N–H and O–H groups in total. The molecule has 9 nitrogen and oxygen atoms in total. The molecule has 0 aliphatic heterocycles. The lowest BCUT2D eigenvalue weighted by molar-refractivity contribution is -0.126. The van der Waals surface area contributed by atoms with Crippen molar-refractivity contribution >= 4 is 34.7 Å². The molecule has 172 valence electrons. The summed E-state index contributed by atoms with van der Waals surface area (Å²) in [6.45, 7) is 5.82. The standard InChI is InChI=1S/C22H26ClN3O6/c1-6-31-15-8-9-18(32-7-2)17(12-15)25-26-20(13(3)27)22(28)24-14-10-16(23)21(30-5)19(11-14)29-4/h8-12,20H,6-7H2,1-5H3,(H,24,28). The Morgan fingerprint density at radius 2 is 1.75 bits per heavy atom. The molecule has 0 saturated heterocycles. The number of ketones is 1. The Morgan fingerprint density at radius 1 is 1.03 bits per heavy atom. The van der Waals surface area contributed by atoms with E-state index >= 15 is 0 Å². The van der Waals surface area contributed by atoms with Gasteiger partial charge in [-0.3, -0.25) is 9.59 Å². The molecule has 0 bridgehead atoms. The van der Waals surface area contributed by atoms with E-state index in [1.54, 1.807) is 18.2 Å². The number of Topliss-reactive ketones (excluding diaryl/α,β-unsaturated/α-hetero) is 1. The van der Waals surface area contributed by atoms with Crippen molar-refractivity contribution in [3.05, 3.63) is 35.4 Å². The molecule has 0 radical (unpaired) electrons. The van der Waals surface area contributed by atoms with Gasteiger partial charge in [0.25, 0.3) is 5.91 Å². The normalized spacial score (nSPS) is 11.7. The summed E-state index contributed by atoms with van der Waals surface area (Å²) in [5.74, 6) is 0.501. The van der Waals surface area contributed by atoms with Crippen LogP contribution in [0.1, 0.15) is 20.8 Å². The van der Waals surface area contributed by atoms with Gasteiger partial charge in [-0.2, -0.15) is 10.2 Å². The molecule has 0 spiro atoms. The Labute approximate surface area is 191 Å². The molecule has 0 aromatic heterocycles. The quantitative estimate of drug-likeness (QED) is 0.377. The molecule has 2 aromatic carbocycles. The number of benzene rings is 2. The Kier molecular flexibility index (Phi) is 9.27. The Bertz CT molecular complexity index is 996. The van der Waals surface area contributed by atoms with E-state index in [0.29, 0.717) is 47.6 Å². The zero-order valence-electron chi connectivity index (χ0n) is 18.6. The molecule has 10 heteroatoms. The number of anilines is 1. The zero-order valence-corrected chi connectivity index (χ0v) is 19.4. The van der Waals surface area contributed by atoms with Crippen LogP contribution in [0.15, 0.2) is 40.6 Å². The van der Waals surface area contributed by atoms with E-state index in [0.717, 1.165) is 0 Å². The number of methoxy groups -OCH3 is 2. The van der Waals surface area contributed by atoms with Gasteiger partial charge in [-0.1, -0.05) is 11.6 Å². The number of amides is 1. The van der Waals surface area contributed by atoms with Gasteiger partial charge in [0, 0.05) is 17.8 Å². The van der Waals surface area contributed by atoms with Gasteiger partial charge < -0.3 is 24.3 Å². The van der Waals surface area contributed by atoms with Crippen molar-refractivity contribution in [3.8, 4) is 23.0 Å². The number of carbonyl (C=O) groups is 2. The van der Waals surface area contributed by atoms with Crippen LogP contribution in [0.2, 0.25) is 5.02 Å². The molecule has 0 aliphatic rings. The third-order valence-corrected chi connectivity index (χ3v) is 4.44. The highest BCUT2D eigenvalue weighted by Crippen LogP contribution is 2.38. The van der Waals surface area contributed by atoms with E-state index in [1.807, 2.05) is 13.8 Å². The summed E-state index contributed by atoms with van der Waals surface area (Å²) in [6, 6.07) is 6.68. The fraction of sp³-hybridized carbons (Fsp3) is 0.364. The molecule has 0 saturated carbocycles. The van der Waals surface area contributed by atoms with Gasteiger partial charge in [-0.15, -0.1) is 0 Å². The van der Waals surface area contributed by atoms with Crippen LogP contribution in [0.5, 0.6) is 23.0 Å². The molecule has 0 aliphatic carbocycles. The van der Waals surface area contributed by atoms with Crippen molar-refractivity contribution in [3.63, 3.8) is 0 Å². The Morgan fingerprint density at radius 3 is 2.34 bits per heavy atom. The van der Waals surface area contributed by atoms with Crippen LogP contribution in [0.25, 0.3) is 0 Å². The lowest BCUT2D eigenvalue weighted by Gasteiger charge is -2.14. The van der Waals surface area contributed by atoms with E-state index in [-0.39, 0.29) is 5.02 Å². The Hall–Kier alpha value is -3.33. The second kappa shape index (κ2) is 11.9. The first-order valence-corrected chi connectivity index (χ1v) is 10.3. The average molecular weight is 464 g/mol. The number of carbonyl (C=O) groups excluding carboxylic acids is 2. The van der Waals surface area contributed by atoms with Crippen LogP contribution < -0.4 is 24.3 Å². The largest absolute Gasteiger partial charge is 0.494 e. The summed E-state index contributed by atoms with van der Waals surface area (Å²) in [5.41, 5.74) is 0.651. The summed E-state index contributed by atoms with van der Waals surface area (Å²) in [6.07, 6.45) is 0. The highest BCUT2D eigenvalue weighted by atomic mass is 35.5. The van der Waals surface area contributed by atoms with E-state index in [1.165, 1.54) is 33.3 Å². The van der Waals surface area contributed by atoms with Gasteiger partial charge in [0.15, 0.2) is 17.3 Å². The summed E-state index contributed by atoms with van der Waals surface area (Å²) < 4.78 is 21.4. The maximum Gasteiger partial charge on any atom is 0.258 e. The second-order valence-corrected chi connectivity index (χ2v) is 6.81. The van der Waals surface area contributed by atoms with Gasteiger partial charge >= 0.3 is 0 Å². The summed E-state index contributed by atoms with van der Waals surface area (Å²) in [5, 5.41) is 10.9. The van der Waals surface area contributed by atoms with Crippen LogP contribution >= 0.6 is 11.6 Å². The number of halogens is 1. The smallest absolute Gasteiger partial charge is 0.258 e. The first kappa shape index (κ1) is 24.9. The topological polar surface area (TPSA) is 108 Å². The highest BCUT2D eigenvalue weighted by molar-refractivity contribution is 6.32. The number of ether oxygens (including phenoxy) is 4. The molecule has 2 rings (SSSR count). The molecule has 1 unspecified atom stereocenters. The van der Waals surface area contributed by atoms with E-state index < -0.39 is 17.7 Å². The SMILES string of the molecule is CCOc1ccc(OCC)c(N=NC(C(C)=O)C(=O)Nc2cc(Cl)c(OC)c(OC)c2)c1.